The number of carbonyl (C=O) groups excluding carboxylic acids is 1. The normalized spacial score (nSPS) is 11.3. The molecule has 0 saturated heterocycles. The highest BCUT2D eigenvalue weighted by atomic mass is 32.2. The summed E-state index contributed by atoms with van der Waals surface area (Å²) in [7, 11) is 0. The summed E-state index contributed by atoms with van der Waals surface area (Å²) in [6.07, 6.45) is 2.45. The van der Waals surface area contributed by atoms with Crippen molar-refractivity contribution in [2.75, 3.05) is 11.5 Å². The molecule has 3 heterocycles. The van der Waals surface area contributed by atoms with Crippen molar-refractivity contribution < 1.29 is 4.79 Å². The second-order valence-corrected chi connectivity index (χ2v) is 8.85. The highest BCUT2D eigenvalue weighted by Gasteiger charge is 2.20. The van der Waals surface area contributed by atoms with Gasteiger partial charge in [0.15, 0.2) is 10.9 Å². The molecule has 0 aliphatic heterocycles. The number of thioether (sulfide) groups is 1. The van der Waals surface area contributed by atoms with Gasteiger partial charge in [-0.2, -0.15) is 0 Å². The van der Waals surface area contributed by atoms with Gasteiger partial charge in [-0.3, -0.25) is 19.1 Å². The summed E-state index contributed by atoms with van der Waals surface area (Å²) in [5.41, 5.74) is 4.42. The zero-order chi connectivity index (χ0) is 21.0. The van der Waals surface area contributed by atoms with E-state index in [1.165, 1.54) is 21.2 Å². The maximum absolute atomic E-state index is 12.7. The molecule has 11 heteroatoms. The number of Topliss-reactive ketones (excluding diaryl/α,β-unsaturated/α-hetero) is 1. The van der Waals surface area contributed by atoms with Crippen molar-refractivity contribution in [1.82, 2.24) is 24.3 Å². The van der Waals surface area contributed by atoms with Gasteiger partial charge in [0.05, 0.1) is 5.75 Å². The molecule has 0 fully saturated rings. The van der Waals surface area contributed by atoms with Crippen molar-refractivity contribution in [2.45, 2.75) is 38.5 Å². The summed E-state index contributed by atoms with van der Waals surface area (Å²) in [4.78, 5) is 40.3. The van der Waals surface area contributed by atoms with E-state index < -0.39 is 17.0 Å². The quantitative estimate of drug-likeness (QED) is 0.387. The van der Waals surface area contributed by atoms with E-state index in [0.29, 0.717) is 18.2 Å². The van der Waals surface area contributed by atoms with Crippen molar-refractivity contribution in [3.05, 3.63) is 55.1 Å². The Labute approximate surface area is 175 Å². The van der Waals surface area contributed by atoms with Gasteiger partial charge in [0.2, 0.25) is 0 Å². The van der Waals surface area contributed by atoms with Crippen LogP contribution in [-0.4, -0.2) is 35.9 Å². The number of ketones is 1. The minimum Gasteiger partial charge on any atom is -0.384 e. The van der Waals surface area contributed by atoms with Crippen LogP contribution in [0.15, 0.2) is 38.6 Å². The molecule has 3 aromatic heterocycles. The molecule has 3 aromatic rings. The Balaban J connectivity index is 1.73. The van der Waals surface area contributed by atoms with Crippen LogP contribution in [0.3, 0.4) is 0 Å². The average Bonchev–Trinajstić information content (AvgIpc) is 3.32. The number of nitrogens with zero attached hydrogens (tertiary/aromatic N) is 4. The zero-order valence-corrected chi connectivity index (χ0v) is 17.8. The lowest BCUT2D eigenvalue weighted by Gasteiger charge is -2.13. The molecule has 0 radical (unpaired) electrons. The van der Waals surface area contributed by atoms with E-state index >= 15 is 0 Å². The number of nitrogens with one attached hydrogen (secondary N) is 1. The van der Waals surface area contributed by atoms with Crippen LogP contribution in [0.2, 0.25) is 0 Å². The Morgan fingerprint density at radius 3 is 2.86 bits per heavy atom. The first kappa shape index (κ1) is 21.1. The maximum atomic E-state index is 12.7. The van der Waals surface area contributed by atoms with Gasteiger partial charge in [-0.15, -0.1) is 21.5 Å². The standard InChI is InChI=1S/C18H22N6O3S2/c1-11(2)8-24-15(19)14(16(26)21-17(24)27)13(25)9-29-18-22-20-10-23(18)6-5-12-4-3-7-28-12/h3-4,7,10-11H,5-6,8-9,19H2,1-2H3,(H,21,26,27). The Morgan fingerprint density at radius 2 is 2.17 bits per heavy atom. The maximum Gasteiger partial charge on any atom is 0.329 e. The predicted molar refractivity (Wildman–Crippen MR) is 114 cm³/mol. The third kappa shape index (κ3) is 5.04. The lowest BCUT2D eigenvalue weighted by atomic mass is 10.2. The number of aromatic amines is 1. The number of H-pyrrole nitrogens is 1. The topological polar surface area (TPSA) is 129 Å². The van der Waals surface area contributed by atoms with Gasteiger partial charge >= 0.3 is 5.69 Å². The fraction of sp³-hybridized carbons (Fsp3) is 0.389. The number of carbonyl (C=O) groups is 1. The van der Waals surface area contributed by atoms with Gasteiger partial charge in [0.25, 0.3) is 5.56 Å². The predicted octanol–water partition coefficient (Wildman–Crippen LogP) is 1.65. The Hall–Kier alpha value is -2.66. The number of rotatable bonds is 9. The van der Waals surface area contributed by atoms with Crippen LogP contribution in [-0.2, 0) is 19.5 Å². The van der Waals surface area contributed by atoms with Gasteiger partial charge < -0.3 is 10.3 Å². The Bertz CT molecular complexity index is 1100. The third-order valence-electron chi connectivity index (χ3n) is 4.16. The number of anilines is 1. The average molecular weight is 435 g/mol. The van der Waals surface area contributed by atoms with E-state index in [1.807, 2.05) is 29.9 Å². The van der Waals surface area contributed by atoms with Gasteiger partial charge in [-0.1, -0.05) is 31.7 Å². The molecule has 29 heavy (non-hydrogen) atoms. The minimum atomic E-state index is -0.766. The van der Waals surface area contributed by atoms with Crippen LogP contribution in [0.25, 0.3) is 0 Å². The molecule has 0 spiro atoms. The van der Waals surface area contributed by atoms with E-state index in [1.54, 1.807) is 17.7 Å². The molecule has 0 bridgehead atoms. The second-order valence-electron chi connectivity index (χ2n) is 6.87. The molecule has 0 aromatic carbocycles. The van der Waals surface area contributed by atoms with Gasteiger partial charge in [-0.25, -0.2) is 4.79 Å². The molecule has 3 rings (SSSR count). The van der Waals surface area contributed by atoms with Crippen molar-refractivity contribution in [3.8, 4) is 0 Å². The summed E-state index contributed by atoms with van der Waals surface area (Å²) < 4.78 is 3.10. The van der Waals surface area contributed by atoms with Gasteiger partial charge in [-0.05, 0) is 23.8 Å². The highest BCUT2D eigenvalue weighted by molar-refractivity contribution is 7.99. The first-order chi connectivity index (χ1) is 13.9. The molecule has 154 valence electrons. The number of aryl methyl sites for hydroxylation is 2. The number of hydrogen-bond acceptors (Lipinski definition) is 8. The van der Waals surface area contributed by atoms with Gasteiger partial charge in [0.1, 0.15) is 17.7 Å². The molecule has 0 amide bonds. The molecule has 0 atom stereocenters. The van der Waals surface area contributed by atoms with Crippen LogP contribution in [0, 0.1) is 5.92 Å². The summed E-state index contributed by atoms with van der Waals surface area (Å²) in [6, 6.07) is 4.06. The van der Waals surface area contributed by atoms with Crippen molar-refractivity contribution >= 4 is 34.7 Å². The highest BCUT2D eigenvalue weighted by Crippen LogP contribution is 2.19. The molecule has 0 unspecified atom stereocenters. The molecular formula is C18H22N6O3S2. The van der Waals surface area contributed by atoms with Crippen molar-refractivity contribution in [1.29, 1.82) is 0 Å². The van der Waals surface area contributed by atoms with Crippen LogP contribution in [0.1, 0.15) is 29.1 Å². The number of thiophene rings is 1. The fourth-order valence-corrected chi connectivity index (χ4v) is 4.31. The van der Waals surface area contributed by atoms with Crippen LogP contribution >= 0.6 is 23.1 Å². The molecule has 0 aliphatic rings. The van der Waals surface area contributed by atoms with Crippen molar-refractivity contribution in [3.63, 3.8) is 0 Å². The van der Waals surface area contributed by atoms with E-state index in [0.717, 1.165) is 6.42 Å². The molecule has 0 saturated carbocycles. The fourth-order valence-electron chi connectivity index (χ4n) is 2.80. The number of aromatic nitrogens is 5. The van der Waals surface area contributed by atoms with E-state index in [4.69, 9.17) is 5.73 Å². The Kier molecular flexibility index (Phi) is 6.70. The largest absolute Gasteiger partial charge is 0.384 e. The lowest BCUT2D eigenvalue weighted by molar-refractivity contribution is 0.102. The number of nitrogen functional groups attached to an aromatic ring is 1. The first-order valence-electron chi connectivity index (χ1n) is 9.05. The Morgan fingerprint density at radius 1 is 1.38 bits per heavy atom. The van der Waals surface area contributed by atoms with Gasteiger partial charge in [0, 0.05) is 18.0 Å². The second kappa shape index (κ2) is 9.23. The summed E-state index contributed by atoms with van der Waals surface area (Å²) >= 11 is 2.86. The monoisotopic (exact) mass is 434 g/mol. The summed E-state index contributed by atoms with van der Waals surface area (Å²) in [5.74, 6) is -0.471. The van der Waals surface area contributed by atoms with Crippen LogP contribution < -0.4 is 17.0 Å². The SMILES string of the molecule is CC(C)Cn1c(N)c(C(=O)CSc2nncn2CCc2cccs2)c(=O)[nH]c1=O. The smallest absolute Gasteiger partial charge is 0.329 e. The summed E-state index contributed by atoms with van der Waals surface area (Å²) in [6.45, 7) is 4.83. The number of nitrogens with two attached hydrogens (primary N) is 1. The summed E-state index contributed by atoms with van der Waals surface area (Å²) in [5, 5.41) is 10.6. The molecule has 0 aliphatic carbocycles. The third-order valence-corrected chi connectivity index (χ3v) is 6.07. The number of hydrogen-bond donors (Lipinski definition) is 2. The van der Waals surface area contributed by atoms with Crippen LogP contribution in [0.5, 0.6) is 0 Å². The molecular weight excluding hydrogens is 412 g/mol. The first-order valence-corrected chi connectivity index (χ1v) is 10.9. The van der Waals surface area contributed by atoms with Crippen LogP contribution in [0.4, 0.5) is 5.82 Å². The van der Waals surface area contributed by atoms with Crippen molar-refractivity contribution in [2.24, 2.45) is 5.92 Å². The lowest BCUT2D eigenvalue weighted by Crippen LogP contribution is -2.37. The van der Waals surface area contributed by atoms with E-state index in [9.17, 15) is 14.4 Å². The minimum absolute atomic E-state index is 0.0368. The van der Waals surface area contributed by atoms with E-state index in [2.05, 4.69) is 21.2 Å². The zero-order valence-electron chi connectivity index (χ0n) is 16.1. The van der Waals surface area contributed by atoms with E-state index in [-0.39, 0.29) is 23.1 Å². The molecule has 9 nitrogen and oxygen atoms in total. The molecule has 3 N–H and O–H groups in total.